The summed E-state index contributed by atoms with van der Waals surface area (Å²) in [4.78, 5) is 13.3. The summed E-state index contributed by atoms with van der Waals surface area (Å²) < 4.78 is 26.5. The largest absolute Gasteiger partial charge is 0.328 e. The fraction of sp³-hybridized carbons (Fsp3) is 0.500. The lowest BCUT2D eigenvalue weighted by Gasteiger charge is -2.21. The molecule has 1 saturated heterocycles. The van der Waals surface area contributed by atoms with Crippen molar-refractivity contribution < 1.29 is 8.42 Å². The molecule has 0 radical (unpaired) electrons. The Morgan fingerprint density at radius 2 is 2.22 bits per heavy atom. The maximum Gasteiger partial charge on any atom is 0.247 e. The molecule has 1 aromatic heterocycles. The van der Waals surface area contributed by atoms with E-state index in [1.165, 1.54) is 18.3 Å². The van der Waals surface area contributed by atoms with E-state index in [2.05, 4.69) is 9.71 Å². The number of nitrogens with one attached hydrogen (secondary N) is 2. The van der Waals surface area contributed by atoms with E-state index in [1.54, 1.807) is 11.8 Å². The minimum Gasteiger partial charge on any atom is -0.328 e. The molecule has 0 bridgehead atoms. The van der Waals surface area contributed by atoms with Crippen molar-refractivity contribution in [3.05, 3.63) is 28.7 Å². The van der Waals surface area contributed by atoms with Crippen molar-refractivity contribution in [1.82, 2.24) is 9.71 Å². The summed E-state index contributed by atoms with van der Waals surface area (Å²) in [5.74, 6) is 3.17. The van der Waals surface area contributed by atoms with Crippen LogP contribution in [0.25, 0.3) is 0 Å². The third-order valence-corrected chi connectivity index (χ3v) is 6.72. The van der Waals surface area contributed by atoms with Crippen molar-refractivity contribution in [3.8, 4) is 0 Å². The third kappa shape index (κ3) is 3.78. The average molecular weight is 306 g/mol. The summed E-state index contributed by atoms with van der Waals surface area (Å²) >= 11 is 3.64. The molecule has 5 nitrogen and oxygen atoms in total. The highest BCUT2D eigenvalue weighted by molar-refractivity contribution is 8.06. The van der Waals surface area contributed by atoms with Crippen LogP contribution in [0.4, 0.5) is 0 Å². The van der Waals surface area contributed by atoms with Gasteiger partial charge in [0.2, 0.25) is 15.6 Å². The topological polar surface area (TPSA) is 79.0 Å². The summed E-state index contributed by atoms with van der Waals surface area (Å²) in [6.07, 6.45) is 1.22. The second kappa shape index (κ2) is 6.14. The maximum absolute atomic E-state index is 11.9. The molecule has 8 heteroatoms. The second-order valence-corrected chi connectivity index (χ2v) is 8.13. The van der Waals surface area contributed by atoms with Gasteiger partial charge in [-0.3, -0.25) is 4.79 Å². The van der Waals surface area contributed by atoms with E-state index in [1.807, 2.05) is 11.8 Å². The SMILES string of the molecule is O=c1ccc(S(=O)(=O)NCC2CSCCS2)c[nH]1. The zero-order valence-electron chi connectivity index (χ0n) is 9.59. The molecule has 1 aliphatic heterocycles. The van der Waals surface area contributed by atoms with E-state index in [4.69, 9.17) is 0 Å². The van der Waals surface area contributed by atoms with E-state index in [0.717, 1.165) is 17.3 Å². The minimum atomic E-state index is -3.52. The molecule has 1 aromatic rings. The molecule has 1 fully saturated rings. The van der Waals surface area contributed by atoms with Gasteiger partial charge in [-0.15, -0.1) is 0 Å². The standard InChI is InChI=1S/C10H14N2O3S3/c13-10-2-1-9(6-11-10)18(14,15)12-5-8-7-16-3-4-17-8/h1-2,6,8,12H,3-5,7H2,(H,11,13). The van der Waals surface area contributed by atoms with Crippen LogP contribution < -0.4 is 10.3 Å². The van der Waals surface area contributed by atoms with Crippen molar-refractivity contribution in [1.29, 1.82) is 0 Å². The Labute approximate surface area is 114 Å². The van der Waals surface area contributed by atoms with Gasteiger partial charge in [-0.05, 0) is 6.07 Å². The highest BCUT2D eigenvalue weighted by Crippen LogP contribution is 2.23. The first-order chi connectivity index (χ1) is 8.58. The Bertz CT molecular complexity index is 529. The highest BCUT2D eigenvalue weighted by atomic mass is 32.2. The Balaban J connectivity index is 1.98. The summed E-state index contributed by atoms with van der Waals surface area (Å²) in [5.41, 5.74) is -0.312. The number of rotatable bonds is 4. The van der Waals surface area contributed by atoms with Crippen LogP contribution in [-0.2, 0) is 10.0 Å². The second-order valence-electron chi connectivity index (χ2n) is 3.81. The summed E-state index contributed by atoms with van der Waals surface area (Å²) in [5, 5.41) is 0.321. The first-order valence-corrected chi connectivity index (χ1v) is 9.14. The maximum atomic E-state index is 11.9. The molecule has 2 N–H and O–H groups in total. The van der Waals surface area contributed by atoms with Crippen LogP contribution in [0, 0.1) is 0 Å². The molecule has 2 heterocycles. The van der Waals surface area contributed by atoms with Crippen LogP contribution in [0.15, 0.2) is 28.0 Å². The monoisotopic (exact) mass is 306 g/mol. The average Bonchev–Trinajstić information content (AvgIpc) is 2.38. The van der Waals surface area contributed by atoms with Gasteiger partial charge in [0.25, 0.3) is 0 Å². The molecule has 1 atom stereocenters. The smallest absolute Gasteiger partial charge is 0.247 e. The van der Waals surface area contributed by atoms with Gasteiger partial charge in [-0.2, -0.15) is 23.5 Å². The zero-order valence-corrected chi connectivity index (χ0v) is 12.0. The summed E-state index contributed by atoms with van der Waals surface area (Å²) in [6.45, 7) is 0.430. The van der Waals surface area contributed by atoms with Crippen molar-refractivity contribution in [2.24, 2.45) is 0 Å². The lowest BCUT2D eigenvalue weighted by atomic mass is 10.5. The summed E-state index contributed by atoms with van der Waals surface area (Å²) in [6, 6.07) is 2.52. The number of hydrogen-bond donors (Lipinski definition) is 2. The van der Waals surface area contributed by atoms with E-state index in [0.29, 0.717) is 11.8 Å². The van der Waals surface area contributed by atoms with E-state index in [9.17, 15) is 13.2 Å². The van der Waals surface area contributed by atoms with Gasteiger partial charge in [0, 0.05) is 41.3 Å². The van der Waals surface area contributed by atoms with Crippen LogP contribution in [0.5, 0.6) is 0 Å². The zero-order chi connectivity index (χ0) is 13.0. The number of hydrogen-bond acceptors (Lipinski definition) is 5. The fourth-order valence-corrected chi connectivity index (χ4v) is 5.27. The molecule has 0 spiro atoms. The molecule has 18 heavy (non-hydrogen) atoms. The van der Waals surface area contributed by atoms with Crippen molar-refractivity contribution in [3.63, 3.8) is 0 Å². The van der Waals surface area contributed by atoms with Gasteiger partial charge in [0.05, 0.1) is 4.90 Å². The number of aromatic amines is 1. The molecule has 1 aliphatic rings. The van der Waals surface area contributed by atoms with E-state index in [-0.39, 0.29) is 10.5 Å². The normalized spacial score (nSPS) is 20.8. The van der Waals surface area contributed by atoms with Gasteiger partial charge in [-0.25, -0.2) is 13.1 Å². The molecule has 2 rings (SSSR count). The Hall–Kier alpha value is -0.440. The molecule has 0 aromatic carbocycles. The molecule has 0 amide bonds. The molecule has 0 saturated carbocycles. The number of sulfonamides is 1. The molecular weight excluding hydrogens is 292 g/mol. The minimum absolute atomic E-state index is 0.0931. The van der Waals surface area contributed by atoms with Crippen LogP contribution in [-0.4, -0.2) is 42.5 Å². The number of thioether (sulfide) groups is 2. The van der Waals surface area contributed by atoms with Crippen molar-refractivity contribution in [2.45, 2.75) is 10.1 Å². The first-order valence-electron chi connectivity index (χ1n) is 5.46. The van der Waals surface area contributed by atoms with Crippen LogP contribution in [0.3, 0.4) is 0 Å². The Morgan fingerprint density at radius 1 is 1.39 bits per heavy atom. The lowest BCUT2D eigenvalue weighted by Crippen LogP contribution is -2.33. The molecule has 1 unspecified atom stereocenters. The van der Waals surface area contributed by atoms with Crippen LogP contribution >= 0.6 is 23.5 Å². The number of pyridine rings is 1. The lowest BCUT2D eigenvalue weighted by molar-refractivity contribution is 0.581. The van der Waals surface area contributed by atoms with Gasteiger partial charge in [0.15, 0.2) is 0 Å². The van der Waals surface area contributed by atoms with Gasteiger partial charge < -0.3 is 4.98 Å². The van der Waals surface area contributed by atoms with Crippen LogP contribution in [0.1, 0.15) is 0 Å². The molecule has 100 valence electrons. The molecule has 0 aliphatic carbocycles. The fourth-order valence-electron chi connectivity index (χ4n) is 1.50. The van der Waals surface area contributed by atoms with Crippen molar-refractivity contribution in [2.75, 3.05) is 23.8 Å². The first kappa shape index (κ1) is 14.0. The van der Waals surface area contributed by atoms with Gasteiger partial charge >= 0.3 is 0 Å². The van der Waals surface area contributed by atoms with Gasteiger partial charge in [0.1, 0.15) is 0 Å². The summed E-state index contributed by atoms with van der Waals surface area (Å²) in [7, 11) is -3.52. The number of aromatic nitrogens is 1. The van der Waals surface area contributed by atoms with E-state index >= 15 is 0 Å². The Kier molecular flexibility index (Phi) is 4.77. The quantitative estimate of drug-likeness (QED) is 0.847. The van der Waals surface area contributed by atoms with Crippen molar-refractivity contribution >= 4 is 33.5 Å². The predicted octanol–water partition coefficient (Wildman–Crippen LogP) is 0.502. The predicted molar refractivity (Wildman–Crippen MR) is 75.8 cm³/mol. The molecular formula is C10H14N2O3S3. The van der Waals surface area contributed by atoms with Gasteiger partial charge in [-0.1, -0.05) is 0 Å². The highest BCUT2D eigenvalue weighted by Gasteiger charge is 2.19. The van der Waals surface area contributed by atoms with Crippen LogP contribution in [0.2, 0.25) is 0 Å². The number of H-pyrrole nitrogens is 1. The Morgan fingerprint density at radius 3 is 2.83 bits per heavy atom. The van der Waals surface area contributed by atoms with E-state index < -0.39 is 10.0 Å². The third-order valence-electron chi connectivity index (χ3n) is 2.45.